The molecule has 136 valence electrons. The van der Waals surface area contributed by atoms with Gasteiger partial charge in [0, 0.05) is 18.1 Å². The summed E-state index contributed by atoms with van der Waals surface area (Å²) in [4.78, 5) is 34.1. The molecule has 0 radical (unpaired) electrons. The van der Waals surface area contributed by atoms with Gasteiger partial charge in [0.05, 0.1) is 12.7 Å². The minimum atomic E-state index is -0.680. The second-order valence-electron chi connectivity index (χ2n) is 5.97. The molecular weight excluding hydrogens is 342 g/mol. The third-order valence-corrected chi connectivity index (χ3v) is 3.90. The highest BCUT2D eigenvalue weighted by atomic mass is 16.5. The molecule has 0 saturated heterocycles. The molecule has 6 heteroatoms. The van der Waals surface area contributed by atoms with Crippen LogP contribution in [0.4, 0.5) is 5.69 Å². The van der Waals surface area contributed by atoms with Gasteiger partial charge in [-0.15, -0.1) is 0 Å². The topological polar surface area (TPSA) is 72.4 Å². The fraction of sp³-hybridized carbons (Fsp3) is 0.143. The molecule has 2 aromatic carbocycles. The van der Waals surface area contributed by atoms with E-state index >= 15 is 0 Å². The first-order chi connectivity index (χ1) is 13.1. The number of benzene rings is 2. The third-order valence-electron chi connectivity index (χ3n) is 3.90. The predicted octanol–water partition coefficient (Wildman–Crippen LogP) is 3.18. The van der Waals surface area contributed by atoms with E-state index in [1.165, 1.54) is 18.6 Å². The number of ether oxygens (including phenoxy) is 1. The minimum Gasteiger partial charge on any atom is -0.451 e. The van der Waals surface area contributed by atoms with Gasteiger partial charge in [0.15, 0.2) is 12.3 Å². The first kappa shape index (κ1) is 18.3. The summed E-state index contributed by atoms with van der Waals surface area (Å²) in [6.45, 7) is 1.96. The lowest BCUT2D eigenvalue weighted by molar-refractivity contribution is -0.121. The van der Waals surface area contributed by atoms with Crippen molar-refractivity contribution in [3.8, 4) is 0 Å². The Hall–Kier alpha value is -3.54. The van der Waals surface area contributed by atoms with E-state index in [1.807, 2.05) is 61.5 Å². The van der Waals surface area contributed by atoms with Crippen LogP contribution in [0.15, 0.2) is 73.2 Å². The average Bonchev–Trinajstić information content (AvgIpc) is 2.71. The fourth-order valence-electron chi connectivity index (χ4n) is 2.57. The number of aryl methyl sites for hydroxylation is 1. The molecule has 6 nitrogen and oxygen atoms in total. The second kappa shape index (κ2) is 8.71. The van der Waals surface area contributed by atoms with Crippen LogP contribution in [-0.2, 0) is 16.1 Å². The molecule has 0 aliphatic rings. The number of hydrogen-bond acceptors (Lipinski definition) is 5. The van der Waals surface area contributed by atoms with Crippen LogP contribution < -0.4 is 4.90 Å². The van der Waals surface area contributed by atoms with Gasteiger partial charge in [-0.25, -0.2) is 9.78 Å². The Morgan fingerprint density at radius 3 is 2.56 bits per heavy atom. The number of anilines is 1. The van der Waals surface area contributed by atoms with E-state index in [1.54, 1.807) is 4.90 Å². The van der Waals surface area contributed by atoms with E-state index in [4.69, 9.17) is 4.74 Å². The molecule has 3 rings (SSSR count). The summed E-state index contributed by atoms with van der Waals surface area (Å²) in [5.74, 6) is -0.998. The SMILES string of the molecule is Cc1cccc(N(Cc2ccccc2)C(=O)COC(=O)c2cnccn2)c1. The molecule has 1 amide bonds. The van der Waals surface area contributed by atoms with Crippen LogP contribution in [0, 0.1) is 6.92 Å². The number of amides is 1. The zero-order valence-electron chi connectivity index (χ0n) is 14.9. The number of nitrogens with zero attached hydrogens (tertiary/aromatic N) is 3. The molecule has 3 aromatic rings. The van der Waals surface area contributed by atoms with Crippen molar-refractivity contribution in [1.29, 1.82) is 0 Å². The van der Waals surface area contributed by atoms with Crippen molar-refractivity contribution in [3.05, 3.63) is 90.0 Å². The maximum atomic E-state index is 12.8. The van der Waals surface area contributed by atoms with Crippen LogP contribution in [0.2, 0.25) is 0 Å². The second-order valence-corrected chi connectivity index (χ2v) is 5.97. The van der Waals surface area contributed by atoms with Gasteiger partial charge in [0.1, 0.15) is 0 Å². The zero-order valence-corrected chi connectivity index (χ0v) is 14.9. The minimum absolute atomic E-state index is 0.0652. The van der Waals surface area contributed by atoms with Crippen molar-refractivity contribution in [2.75, 3.05) is 11.5 Å². The molecule has 0 fully saturated rings. The van der Waals surface area contributed by atoms with Gasteiger partial charge in [0.2, 0.25) is 0 Å². The molecule has 0 spiro atoms. The Bertz CT molecular complexity index is 914. The van der Waals surface area contributed by atoms with Gasteiger partial charge in [0.25, 0.3) is 5.91 Å². The molecular formula is C21H19N3O3. The standard InChI is InChI=1S/C21H19N3O3/c1-16-6-5-9-18(12-16)24(14-17-7-3-2-4-8-17)20(25)15-27-21(26)19-13-22-10-11-23-19/h2-13H,14-15H2,1H3. The van der Waals surface area contributed by atoms with Crippen molar-refractivity contribution in [2.45, 2.75) is 13.5 Å². The quantitative estimate of drug-likeness (QED) is 0.631. The van der Waals surface area contributed by atoms with Crippen LogP contribution in [0.5, 0.6) is 0 Å². The van der Waals surface area contributed by atoms with E-state index in [-0.39, 0.29) is 18.2 Å². The molecule has 0 aliphatic heterocycles. The molecule has 0 aliphatic carbocycles. The fourth-order valence-corrected chi connectivity index (χ4v) is 2.57. The Balaban J connectivity index is 1.75. The number of aromatic nitrogens is 2. The summed E-state index contributed by atoms with van der Waals surface area (Å²) in [5, 5.41) is 0. The van der Waals surface area contributed by atoms with Gasteiger partial charge < -0.3 is 9.64 Å². The number of hydrogen-bond donors (Lipinski definition) is 0. The summed E-state index contributed by atoms with van der Waals surface area (Å²) >= 11 is 0. The van der Waals surface area contributed by atoms with E-state index in [0.29, 0.717) is 6.54 Å². The van der Waals surface area contributed by atoms with Gasteiger partial charge in [-0.1, -0.05) is 42.5 Å². The Morgan fingerprint density at radius 1 is 1.04 bits per heavy atom. The van der Waals surface area contributed by atoms with Crippen molar-refractivity contribution in [3.63, 3.8) is 0 Å². The van der Waals surface area contributed by atoms with E-state index in [0.717, 1.165) is 16.8 Å². The van der Waals surface area contributed by atoms with Gasteiger partial charge in [-0.05, 0) is 30.2 Å². The van der Waals surface area contributed by atoms with Gasteiger partial charge in [-0.2, -0.15) is 0 Å². The van der Waals surface area contributed by atoms with Crippen LogP contribution in [0.1, 0.15) is 21.6 Å². The number of esters is 1. The normalized spacial score (nSPS) is 10.3. The lowest BCUT2D eigenvalue weighted by Crippen LogP contribution is -2.34. The average molecular weight is 361 g/mol. The monoisotopic (exact) mass is 361 g/mol. The maximum Gasteiger partial charge on any atom is 0.359 e. The van der Waals surface area contributed by atoms with Crippen molar-refractivity contribution < 1.29 is 14.3 Å². The van der Waals surface area contributed by atoms with Gasteiger partial charge in [-0.3, -0.25) is 9.78 Å². The summed E-state index contributed by atoms with van der Waals surface area (Å²) in [6, 6.07) is 17.3. The molecule has 0 bridgehead atoms. The smallest absolute Gasteiger partial charge is 0.359 e. The number of carbonyl (C=O) groups is 2. The predicted molar refractivity (Wildman–Crippen MR) is 101 cm³/mol. The zero-order chi connectivity index (χ0) is 19.1. The molecule has 0 saturated carbocycles. The Morgan fingerprint density at radius 2 is 1.85 bits per heavy atom. The maximum absolute atomic E-state index is 12.8. The molecule has 0 atom stereocenters. The first-order valence-electron chi connectivity index (χ1n) is 8.47. The van der Waals surface area contributed by atoms with Crippen molar-refractivity contribution >= 4 is 17.6 Å². The van der Waals surface area contributed by atoms with Gasteiger partial charge >= 0.3 is 5.97 Å². The molecule has 0 N–H and O–H groups in total. The summed E-state index contributed by atoms with van der Waals surface area (Å²) in [6.07, 6.45) is 4.16. The van der Waals surface area contributed by atoms with Crippen LogP contribution in [-0.4, -0.2) is 28.5 Å². The lowest BCUT2D eigenvalue weighted by Gasteiger charge is -2.23. The highest BCUT2D eigenvalue weighted by Gasteiger charge is 2.19. The molecule has 0 unspecified atom stereocenters. The van der Waals surface area contributed by atoms with E-state index in [2.05, 4.69) is 9.97 Å². The molecule has 1 heterocycles. The third kappa shape index (κ3) is 4.98. The van der Waals surface area contributed by atoms with Crippen LogP contribution in [0.3, 0.4) is 0 Å². The summed E-state index contributed by atoms with van der Waals surface area (Å²) < 4.78 is 5.13. The largest absolute Gasteiger partial charge is 0.451 e. The van der Waals surface area contributed by atoms with Crippen molar-refractivity contribution in [2.24, 2.45) is 0 Å². The van der Waals surface area contributed by atoms with E-state index < -0.39 is 5.97 Å². The van der Waals surface area contributed by atoms with Crippen LogP contribution >= 0.6 is 0 Å². The highest BCUT2D eigenvalue weighted by molar-refractivity contribution is 5.96. The van der Waals surface area contributed by atoms with Crippen LogP contribution in [0.25, 0.3) is 0 Å². The first-order valence-corrected chi connectivity index (χ1v) is 8.47. The Kier molecular flexibility index (Phi) is 5.89. The summed E-state index contributed by atoms with van der Waals surface area (Å²) in [7, 11) is 0. The number of rotatable bonds is 6. The highest BCUT2D eigenvalue weighted by Crippen LogP contribution is 2.19. The van der Waals surface area contributed by atoms with Crippen molar-refractivity contribution in [1.82, 2.24) is 9.97 Å². The molecule has 1 aromatic heterocycles. The molecule has 27 heavy (non-hydrogen) atoms. The lowest BCUT2D eigenvalue weighted by atomic mass is 10.1. The Labute approximate surface area is 157 Å². The van der Waals surface area contributed by atoms with E-state index in [9.17, 15) is 9.59 Å². The number of carbonyl (C=O) groups excluding carboxylic acids is 2. The summed E-state index contributed by atoms with van der Waals surface area (Å²) in [5.41, 5.74) is 2.83.